The third kappa shape index (κ3) is 4.88. The summed E-state index contributed by atoms with van der Waals surface area (Å²) >= 11 is 0. The van der Waals surface area contributed by atoms with Crippen molar-refractivity contribution in [3.8, 4) is 17.6 Å². The lowest BCUT2D eigenvalue weighted by molar-refractivity contribution is 0.415. The number of benzene rings is 2. The minimum Gasteiger partial charge on any atom is -0.497 e. The zero-order valence-electron chi connectivity index (χ0n) is 16.2. The molecule has 0 unspecified atom stereocenters. The minimum absolute atomic E-state index is 0.780. The number of ether oxygens (including phenoxy) is 1. The summed E-state index contributed by atoms with van der Waals surface area (Å²) in [5.74, 6) is 7.37. The van der Waals surface area contributed by atoms with E-state index in [1.165, 1.54) is 11.1 Å². The largest absolute Gasteiger partial charge is 0.497 e. The number of nitrogens with zero attached hydrogens (tertiary/aromatic N) is 2. The predicted molar refractivity (Wildman–Crippen MR) is 118 cm³/mol. The van der Waals surface area contributed by atoms with Gasteiger partial charge in [0.1, 0.15) is 5.75 Å². The molecule has 0 saturated carbocycles. The van der Waals surface area contributed by atoms with E-state index in [9.17, 15) is 0 Å². The Morgan fingerprint density at radius 2 is 1.45 bits per heavy atom. The fraction of sp³-hybridized carbons (Fsp3) is 0.0769. The second kappa shape index (κ2) is 8.86. The third-order valence-electron chi connectivity index (χ3n) is 4.59. The summed E-state index contributed by atoms with van der Waals surface area (Å²) in [6.45, 7) is 0. The van der Waals surface area contributed by atoms with E-state index in [4.69, 9.17) is 4.74 Å². The van der Waals surface area contributed by atoms with Crippen molar-refractivity contribution < 1.29 is 4.74 Å². The molecule has 2 bridgehead atoms. The highest BCUT2D eigenvalue weighted by atomic mass is 16.5. The number of allylic oxidation sites excluding steroid dienone is 10. The molecule has 0 N–H and O–H groups in total. The molecule has 0 fully saturated rings. The molecule has 0 radical (unpaired) electrons. The van der Waals surface area contributed by atoms with Crippen molar-refractivity contribution in [3.63, 3.8) is 0 Å². The highest BCUT2D eigenvalue weighted by molar-refractivity contribution is 5.57. The van der Waals surface area contributed by atoms with Crippen LogP contribution >= 0.6 is 0 Å². The molecule has 0 aromatic heterocycles. The molecule has 3 nitrogen and oxygen atoms in total. The van der Waals surface area contributed by atoms with E-state index in [-0.39, 0.29) is 0 Å². The van der Waals surface area contributed by atoms with Gasteiger partial charge in [0.05, 0.1) is 18.5 Å². The summed E-state index contributed by atoms with van der Waals surface area (Å²) in [7, 11) is 1.64. The van der Waals surface area contributed by atoms with Gasteiger partial charge in [0.25, 0.3) is 0 Å². The van der Waals surface area contributed by atoms with Crippen LogP contribution < -0.4 is 4.74 Å². The quantitative estimate of drug-likeness (QED) is 0.430. The Balaban J connectivity index is 1.46. The molecular weight excluding hydrogens is 356 g/mol. The fourth-order valence-electron chi connectivity index (χ4n) is 3.00. The van der Waals surface area contributed by atoms with E-state index in [1.807, 2.05) is 48.5 Å². The van der Waals surface area contributed by atoms with Gasteiger partial charge in [-0.05, 0) is 72.2 Å². The molecule has 2 aromatic carbocycles. The fourth-order valence-corrected chi connectivity index (χ4v) is 3.00. The molecule has 29 heavy (non-hydrogen) atoms. The van der Waals surface area contributed by atoms with E-state index in [0.717, 1.165) is 34.7 Å². The predicted octanol–water partition coefficient (Wildman–Crippen LogP) is 6.77. The molecule has 140 valence electrons. The maximum absolute atomic E-state index is 5.14. The number of azo groups is 1. The maximum atomic E-state index is 5.14. The normalized spacial score (nSPS) is 14.9. The first-order valence-electron chi connectivity index (χ1n) is 9.43. The Hall–Kier alpha value is -3.90. The van der Waals surface area contributed by atoms with Gasteiger partial charge < -0.3 is 4.74 Å². The Morgan fingerprint density at radius 1 is 0.759 bits per heavy atom. The Bertz CT molecular complexity index is 1130. The molecule has 0 heterocycles. The van der Waals surface area contributed by atoms with E-state index < -0.39 is 0 Å². The summed E-state index contributed by atoms with van der Waals surface area (Å²) in [4.78, 5) is 0. The lowest BCUT2D eigenvalue weighted by atomic mass is 10.0. The van der Waals surface area contributed by atoms with Crippen molar-refractivity contribution in [3.05, 3.63) is 113 Å². The topological polar surface area (TPSA) is 34.0 Å². The van der Waals surface area contributed by atoms with Gasteiger partial charge in [-0.15, -0.1) is 0 Å². The number of hydrogen-bond acceptors (Lipinski definition) is 3. The summed E-state index contributed by atoms with van der Waals surface area (Å²) in [6, 6.07) is 15.2. The van der Waals surface area contributed by atoms with Crippen LogP contribution in [-0.4, -0.2) is 7.11 Å². The molecule has 0 spiro atoms. The van der Waals surface area contributed by atoms with Crippen LogP contribution in [0.3, 0.4) is 0 Å². The van der Waals surface area contributed by atoms with Crippen LogP contribution in [0.1, 0.15) is 12.0 Å². The van der Waals surface area contributed by atoms with Crippen LogP contribution in [0.2, 0.25) is 0 Å². The Labute approximate surface area is 171 Å². The van der Waals surface area contributed by atoms with Crippen molar-refractivity contribution in [2.75, 3.05) is 7.11 Å². The van der Waals surface area contributed by atoms with Crippen molar-refractivity contribution in [2.45, 2.75) is 6.42 Å². The van der Waals surface area contributed by atoms with Gasteiger partial charge in [0.2, 0.25) is 0 Å². The van der Waals surface area contributed by atoms with Crippen molar-refractivity contribution in [1.29, 1.82) is 0 Å². The van der Waals surface area contributed by atoms with Crippen LogP contribution in [0.15, 0.2) is 118 Å². The molecule has 3 heteroatoms. The van der Waals surface area contributed by atoms with Gasteiger partial charge in [-0.3, -0.25) is 0 Å². The van der Waals surface area contributed by atoms with Crippen LogP contribution in [-0.2, 0) is 0 Å². The van der Waals surface area contributed by atoms with E-state index in [0.29, 0.717) is 0 Å². The summed E-state index contributed by atoms with van der Waals surface area (Å²) in [6.07, 6.45) is 15.6. The van der Waals surface area contributed by atoms with Crippen LogP contribution in [0.25, 0.3) is 0 Å². The first-order valence-corrected chi connectivity index (χ1v) is 9.43. The van der Waals surface area contributed by atoms with Crippen LogP contribution in [0.4, 0.5) is 11.4 Å². The first-order chi connectivity index (χ1) is 14.3. The number of methoxy groups -OCH3 is 1. The van der Waals surface area contributed by atoms with Gasteiger partial charge in [0, 0.05) is 11.1 Å². The molecule has 4 rings (SSSR count). The zero-order valence-corrected chi connectivity index (χ0v) is 16.2. The van der Waals surface area contributed by atoms with Crippen molar-refractivity contribution >= 4 is 11.4 Å². The number of hydrogen-bond donors (Lipinski definition) is 0. The van der Waals surface area contributed by atoms with Crippen molar-refractivity contribution in [1.82, 2.24) is 0 Å². The molecule has 2 aliphatic rings. The van der Waals surface area contributed by atoms with Gasteiger partial charge in [-0.2, -0.15) is 10.2 Å². The second-order valence-electron chi connectivity index (χ2n) is 6.63. The van der Waals surface area contributed by atoms with E-state index in [2.05, 4.69) is 64.6 Å². The zero-order chi connectivity index (χ0) is 19.9. The van der Waals surface area contributed by atoms with Crippen molar-refractivity contribution in [2.24, 2.45) is 10.2 Å². The molecule has 0 saturated heterocycles. The summed E-state index contributed by atoms with van der Waals surface area (Å²) < 4.78 is 5.14. The number of rotatable bonds is 3. The average Bonchev–Trinajstić information content (AvgIpc) is 3.12. The standard InChI is InChI=1S/C26H20N2O/c1-29-26-17-15-25(16-18-26)28-27-24-13-10-20(11-14-24)9-12-22-8-4-6-21-5-2-3-7-23(22)19-21/h2-8,10-11,13-18H,19H2,1H3. The summed E-state index contributed by atoms with van der Waals surface area (Å²) in [5, 5.41) is 8.53. The van der Waals surface area contributed by atoms with Gasteiger partial charge in [0.15, 0.2) is 0 Å². The van der Waals surface area contributed by atoms with E-state index in [1.54, 1.807) is 7.11 Å². The third-order valence-corrected chi connectivity index (χ3v) is 4.59. The SMILES string of the molecule is COc1ccc(N=Nc2ccc(C#CC3=CC=CC4=CC=CC=C3C4)cc2)cc1. The monoisotopic (exact) mass is 376 g/mol. The molecule has 2 aromatic rings. The maximum Gasteiger partial charge on any atom is 0.119 e. The summed E-state index contributed by atoms with van der Waals surface area (Å²) in [5.41, 5.74) is 6.11. The number of fused-ring (bicyclic) bond motifs is 2. The highest BCUT2D eigenvalue weighted by Crippen LogP contribution is 2.25. The second-order valence-corrected chi connectivity index (χ2v) is 6.63. The molecule has 2 aliphatic carbocycles. The van der Waals surface area contributed by atoms with Gasteiger partial charge in [-0.1, -0.05) is 48.3 Å². The molecule has 0 atom stereocenters. The first kappa shape index (κ1) is 18.5. The molecule has 0 amide bonds. The minimum atomic E-state index is 0.780. The Kier molecular flexibility index (Phi) is 5.64. The van der Waals surface area contributed by atoms with Gasteiger partial charge >= 0.3 is 0 Å². The van der Waals surface area contributed by atoms with Crippen LogP contribution in [0.5, 0.6) is 5.75 Å². The lowest BCUT2D eigenvalue weighted by Crippen LogP contribution is -1.87. The van der Waals surface area contributed by atoms with Crippen LogP contribution in [0, 0.1) is 11.8 Å². The lowest BCUT2D eigenvalue weighted by Gasteiger charge is -2.03. The van der Waals surface area contributed by atoms with Gasteiger partial charge in [-0.25, -0.2) is 0 Å². The average molecular weight is 376 g/mol. The Morgan fingerprint density at radius 3 is 2.17 bits per heavy atom. The molecule has 0 aliphatic heterocycles. The molecular formula is C26H20N2O. The smallest absolute Gasteiger partial charge is 0.119 e. The highest BCUT2D eigenvalue weighted by Gasteiger charge is 2.08. The van der Waals surface area contributed by atoms with E-state index >= 15 is 0 Å².